The normalized spacial score (nSPS) is 20.2. The second-order valence-electron chi connectivity index (χ2n) is 5.67. The van der Waals surface area contributed by atoms with Crippen molar-refractivity contribution in [3.8, 4) is 0 Å². The lowest BCUT2D eigenvalue weighted by molar-refractivity contribution is -0.117. The average molecular weight is 290 g/mol. The fourth-order valence-corrected chi connectivity index (χ4v) is 2.69. The first-order valence-corrected chi connectivity index (χ1v) is 7.27. The quantitative estimate of drug-likeness (QED) is 0.807. The van der Waals surface area contributed by atoms with Crippen molar-refractivity contribution >= 4 is 17.4 Å². The maximum Gasteiger partial charge on any atom is 0.238 e. The Morgan fingerprint density at radius 3 is 2.76 bits per heavy atom. The molecule has 1 aliphatic rings. The van der Waals surface area contributed by atoms with Gasteiger partial charge in [-0.3, -0.25) is 14.5 Å². The number of likely N-dealkylation sites (tertiary alicyclic amines) is 1. The van der Waals surface area contributed by atoms with Crippen molar-refractivity contribution in [1.29, 1.82) is 0 Å². The summed E-state index contributed by atoms with van der Waals surface area (Å²) in [6.07, 6.45) is 0.575. The molecule has 0 bridgehead atoms. The Balaban J connectivity index is 1.93. The Hall–Kier alpha value is -1.72. The minimum absolute atomic E-state index is 0.0683. The van der Waals surface area contributed by atoms with Gasteiger partial charge in [0.25, 0.3) is 0 Å². The molecule has 0 saturated carbocycles. The van der Waals surface area contributed by atoms with Crippen molar-refractivity contribution in [1.82, 2.24) is 4.90 Å². The van der Waals surface area contributed by atoms with E-state index < -0.39 is 0 Å². The van der Waals surface area contributed by atoms with Crippen molar-refractivity contribution in [2.24, 2.45) is 5.92 Å². The largest absolute Gasteiger partial charge is 0.393 e. The molecule has 2 unspecified atom stereocenters. The van der Waals surface area contributed by atoms with E-state index in [0.29, 0.717) is 11.3 Å². The first-order chi connectivity index (χ1) is 9.97. The summed E-state index contributed by atoms with van der Waals surface area (Å²) in [6, 6.07) is 7.01. The molecule has 1 heterocycles. The number of Topliss-reactive ketones (excluding diaryl/α,β-unsaturated/α-hetero) is 1. The fourth-order valence-electron chi connectivity index (χ4n) is 2.69. The molecular weight excluding hydrogens is 268 g/mol. The molecule has 1 aromatic rings. The maximum atomic E-state index is 12.1. The minimum atomic E-state index is -0.337. The standard InChI is InChI=1S/C16H22N2O3/c1-11(19)13-7-8-18(9-13)10-16(21)17-15-6-4-3-5-14(15)12(2)20/h3-6,11,13,19H,7-10H2,1-2H3,(H,17,21). The lowest BCUT2D eigenvalue weighted by Crippen LogP contribution is -2.33. The van der Waals surface area contributed by atoms with Crippen LogP contribution in [0, 0.1) is 5.92 Å². The van der Waals surface area contributed by atoms with Gasteiger partial charge in [0.15, 0.2) is 5.78 Å². The topological polar surface area (TPSA) is 69.6 Å². The highest BCUT2D eigenvalue weighted by molar-refractivity contribution is 6.04. The van der Waals surface area contributed by atoms with E-state index in [4.69, 9.17) is 0 Å². The maximum absolute atomic E-state index is 12.1. The summed E-state index contributed by atoms with van der Waals surface area (Å²) in [7, 11) is 0. The number of carbonyl (C=O) groups excluding carboxylic acids is 2. The molecule has 1 amide bonds. The zero-order valence-corrected chi connectivity index (χ0v) is 12.5. The molecule has 5 nitrogen and oxygen atoms in total. The van der Waals surface area contributed by atoms with Gasteiger partial charge in [-0.05, 0) is 44.9 Å². The molecule has 1 fully saturated rings. The number of benzene rings is 1. The summed E-state index contributed by atoms with van der Waals surface area (Å²) in [5.41, 5.74) is 1.08. The van der Waals surface area contributed by atoms with Crippen molar-refractivity contribution < 1.29 is 14.7 Å². The van der Waals surface area contributed by atoms with Gasteiger partial charge in [0, 0.05) is 12.1 Å². The summed E-state index contributed by atoms with van der Waals surface area (Å²) >= 11 is 0. The van der Waals surface area contributed by atoms with Crippen LogP contribution >= 0.6 is 0 Å². The van der Waals surface area contributed by atoms with Crippen LogP contribution in [-0.4, -0.2) is 47.4 Å². The lowest BCUT2D eigenvalue weighted by atomic mass is 10.0. The van der Waals surface area contributed by atoms with E-state index in [2.05, 4.69) is 5.32 Å². The number of nitrogens with zero attached hydrogens (tertiary/aromatic N) is 1. The molecule has 2 atom stereocenters. The van der Waals surface area contributed by atoms with Gasteiger partial charge in [0.05, 0.1) is 18.3 Å². The van der Waals surface area contributed by atoms with Crippen molar-refractivity contribution in [3.63, 3.8) is 0 Å². The molecule has 0 aliphatic carbocycles. The molecule has 1 saturated heterocycles. The number of carbonyl (C=O) groups is 2. The molecule has 2 rings (SSSR count). The van der Waals surface area contributed by atoms with E-state index in [1.54, 1.807) is 31.2 Å². The molecule has 2 N–H and O–H groups in total. The third kappa shape index (κ3) is 4.12. The highest BCUT2D eigenvalue weighted by Gasteiger charge is 2.27. The van der Waals surface area contributed by atoms with Gasteiger partial charge < -0.3 is 10.4 Å². The number of para-hydroxylation sites is 1. The Morgan fingerprint density at radius 1 is 1.43 bits per heavy atom. The first kappa shape index (κ1) is 15.7. The summed E-state index contributed by atoms with van der Waals surface area (Å²) < 4.78 is 0. The van der Waals surface area contributed by atoms with Gasteiger partial charge in [-0.2, -0.15) is 0 Å². The van der Waals surface area contributed by atoms with E-state index in [0.717, 1.165) is 19.5 Å². The van der Waals surface area contributed by atoms with Crippen LogP contribution in [0.15, 0.2) is 24.3 Å². The average Bonchev–Trinajstić information content (AvgIpc) is 2.87. The van der Waals surface area contributed by atoms with Crippen molar-refractivity contribution in [3.05, 3.63) is 29.8 Å². The van der Waals surface area contributed by atoms with Crippen molar-refractivity contribution in [2.75, 3.05) is 25.0 Å². The van der Waals surface area contributed by atoms with E-state index in [1.165, 1.54) is 6.92 Å². The summed E-state index contributed by atoms with van der Waals surface area (Å²) in [6.45, 7) is 5.11. The van der Waals surface area contributed by atoms with Crippen LogP contribution in [0.25, 0.3) is 0 Å². The van der Waals surface area contributed by atoms with Crippen LogP contribution < -0.4 is 5.32 Å². The van der Waals surface area contributed by atoms with Gasteiger partial charge in [-0.25, -0.2) is 0 Å². The Morgan fingerprint density at radius 2 is 2.14 bits per heavy atom. The summed E-state index contributed by atoms with van der Waals surface area (Å²) in [5, 5.41) is 12.4. The number of amides is 1. The highest BCUT2D eigenvalue weighted by Crippen LogP contribution is 2.20. The van der Waals surface area contributed by atoms with Gasteiger partial charge in [0.1, 0.15) is 0 Å². The minimum Gasteiger partial charge on any atom is -0.393 e. The zero-order valence-electron chi connectivity index (χ0n) is 12.5. The molecule has 114 valence electrons. The van der Waals surface area contributed by atoms with E-state index in [1.807, 2.05) is 4.90 Å². The summed E-state index contributed by atoms with van der Waals surface area (Å²) in [5.74, 6) is 0.0403. The van der Waals surface area contributed by atoms with Crippen LogP contribution in [0.1, 0.15) is 30.6 Å². The lowest BCUT2D eigenvalue weighted by Gasteiger charge is -2.17. The molecule has 5 heteroatoms. The number of nitrogens with one attached hydrogen (secondary N) is 1. The molecular formula is C16H22N2O3. The molecule has 1 aromatic carbocycles. The number of aliphatic hydroxyl groups is 1. The van der Waals surface area contributed by atoms with Crippen molar-refractivity contribution in [2.45, 2.75) is 26.4 Å². The van der Waals surface area contributed by atoms with Gasteiger partial charge in [-0.1, -0.05) is 12.1 Å². The predicted molar refractivity (Wildman–Crippen MR) is 81.3 cm³/mol. The summed E-state index contributed by atoms with van der Waals surface area (Å²) in [4.78, 5) is 25.6. The first-order valence-electron chi connectivity index (χ1n) is 7.27. The highest BCUT2D eigenvalue weighted by atomic mass is 16.3. The Kier molecular flexibility index (Phi) is 5.09. The second kappa shape index (κ2) is 6.83. The van der Waals surface area contributed by atoms with Gasteiger partial charge in [0.2, 0.25) is 5.91 Å². The molecule has 0 aromatic heterocycles. The van der Waals surface area contributed by atoms with Crippen LogP contribution in [0.5, 0.6) is 0 Å². The zero-order chi connectivity index (χ0) is 15.4. The number of rotatable bonds is 5. The monoisotopic (exact) mass is 290 g/mol. The fraction of sp³-hybridized carbons (Fsp3) is 0.500. The number of aliphatic hydroxyl groups excluding tert-OH is 1. The van der Waals surface area contributed by atoms with Gasteiger partial charge >= 0.3 is 0 Å². The van der Waals surface area contributed by atoms with E-state index >= 15 is 0 Å². The van der Waals surface area contributed by atoms with Crippen LogP contribution in [0.3, 0.4) is 0 Å². The van der Waals surface area contributed by atoms with Crippen LogP contribution in [0.2, 0.25) is 0 Å². The Labute approximate surface area is 125 Å². The third-order valence-electron chi connectivity index (χ3n) is 3.94. The number of anilines is 1. The SMILES string of the molecule is CC(=O)c1ccccc1NC(=O)CN1CCC(C(C)O)C1. The Bertz CT molecular complexity index is 528. The smallest absolute Gasteiger partial charge is 0.238 e. The predicted octanol–water partition coefficient (Wildman–Crippen LogP) is 1.53. The molecule has 21 heavy (non-hydrogen) atoms. The molecule has 0 radical (unpaired) electrons. The van der Waals surface area contributed by atoms with Gasteiger partial charge in [-0.15, -0.1) is 0 Å². The molecule has 1 aliphatic heterocycles. The third-order valence-corrected chi connectivity index (χ3v) is 3.94. The second-order valence-corrected chi connectivity index (χ2v) is 5.67. The van der Waals surface area contributed by atoms with E-state index in [-0.39, 0.29) is 30.3 Å². The molecule has 0 spiro atoms. The number of hydrogen-bond acceptors (Lipinski definition) is 4. The number of hydrogen-bond donors (Lipinski definition) is 2. The number of ketones is 1. The van der Waals surface area contributed by atoms with E-state index in [9.17, 15) is 14.7 Å². The van der Waals surface area contributed by atoms with Crippen LogP contribution in [-0.2, 0) is 4.79 Å². The van der Waals surface area contributed by atoms with Crippen LogP contribution in [0.4, 0.5) is 5.69 Å².